The van der Waals surface area contributed by atoms with Crippen molar-refractivity contribution in [3.8, 4) is 16.2 Å². The lowest BCUT2D eigenvalue weighted by Crippen LogP contribution is -2.28. The summed E-state index contributed by atoms with van der Waals surface area (Å²) in [5.74, 6) is -2.15. The summed E-state index contributed by atoms with van der Waals surface area (Å²) >= 11 is 2.31. The quantitative estimate of drug-likeness (QED) is 0.308. The molecule has 2 amide bonds. The number of hydrogen-bond donors (Lipinski definition) is 4. The van der Waals surface area contributed by atoms with E-state index < -0.39 is 24.3 Å². The molecule has 0 saturated heterocycles. The second-order valence-electron chi connectivity index (χ2n) is 7.00. The molecule has 0 saturated carbocycles. The van der Waals surface area contributed by atoms with Gasteiger partial charge in [-0.05, 0) is 49.6 Å². The van der Waals surface area contributed by atoms with Gasteiger partial charge in [-0.3, -0.25) is 14.4 Å². The third-order valence-corrected chi connectivity index (χ3v) is 6.80. The zero-order chi connectivity index (χ0) is 23.4. The topological polar surface area (TPSA) is 128 Å². The van der Waals surface area contributed by atoms with Crippen LogP contribution in [0.5, 0.6) is 5.75 Å². The van der Waals surface area contributed by atoms with Crippen LogP contribution in [0.15, 0.2) is 40.8 Å². The summed E-state index contributed by atoms with van der Waals surface area (Å²) in [5, 5.41) is 27.4. The van der Waals surface area contributed by atoms with E-state index in [0.29, 0.717) is 11.3 Å². The van der Waals surface area contributed by atoms with Crippen molar-refractivity contribution < 1.29 is 24.6 Å². The van der Waals surface area contributed by atoms with Crippen molar-refractivity contribution >= 4 is 46.2 Å². The van der Waals surface area contributed by atoms with E-state index >= 15 is 0 Å². The highest BCUT2D eigenvalue weighted by Crippen LogP contribution is 2.39. The fourth-order valence-electron chi connectivity index (χ4n) is 2.77. The number of aromatic hydroxyl groups is 1. The van der Waals surface area contributed by atoms with E-state index in [-0.39, 0.29) is 15.5 Å². The van der Waals surface area contributed by atoms with E-state index in [1.807, 2.05) is 32.0 Å². The monoisotopic (exact) mass is 471 g/mol. The van der Waals surface area contributed by atoms with Crippen molar-refractivity contribution in [3.63, 3.8) is 0 Å². The highest BCUT2D eigenvalue weighted by Gasteiger charge is 2.17. The van der Waals surface area contributed by atoms with Gasteiger partial charge in [-0.25, -0.2) is 5.43 Å². The number of amides is 2. The number of hydrazone groups is 1. The minimum absolute atomic E-state index is 0.0993. The van der Waals surface area contributed by atoms with E-state index in [0.717, 1.165) is 27.3 Å². The van der Waals surface area contributed by atoms with Crippen LogP contribution in [-0.4, -0.2) is 40.3 Å². The zero-order valence-electron chi connectivity index (χ0n) is 17.6. The predicted molar refractivity (Wildman–Crippen MR) is 125 cm³/mol. The molecule has 1 aromatic carbocycles. The second kappa shape index (κ2) is 9.75. The Morgan fingerprint density at radius 3 is 2.38 bits per heavy atom. The molecule has 0 aliphatic rings. The standard InChI is InChI=1S/C22H21N3O5S2/c1-11-4-5-14(8-12(11)2)20-19(28)15(10-31-20)13(3)24-25-22(30)17-7-6-16(32-17)21(29)23-9-18(26)27/h4-8,10,28H,9H2,1-3H3,(H,23,29)(H,25,30)(H,26,27)/b24-13+. The van der Waals surface area contributed by atoms with Gasteiger partial charge in [0.25, 0.3) is 11.8 Å². The average molecular weight is 472 g/mol. The molecule has 3 rings (SSSR count). The first-order valence-corrected chi connectivity index (χ1v) is 11.2. The van der Waals surface area contributed by atoms with Crippen molar-refractivity contribution in [1.29, 1.82) is 0 Å². The maximum Gasteiger partial charge on any atom is 0.322 e. The minimum Gasteiger partial charge on any atom is -0.506 e. The Bertz CT molecular complexity index is 1230. The molecule has 0 aliphatic carbocycles. The predicted octanol–water partition coefficient (Wildman–Crippen LogP) is 3.77. The first kappa shape index (κ1) is 23.2. The third kappa shape index (κ3) is 5.21. The average Bonchev–Trinajstić information content (AvgIpc) is 3.39. The lowest BCUT2D eigenvalue weighted by molar-refractivity contribution is -0.135. The van der Waals surface area contributed by atoms with Crippen molar-refractivity contribution in [3.05, 3.63) is 62.2 Å². The molecule has 10 heteroatoms. The molecular formula is C22H21N3O5S2. The molecule has 32 heavy (non-hydrogen) atoms. The Kier molecular flexibility index (Phi) is 7.06. The summed E-state index contributed by atoms with van der Waals surface area (Å²) in [6, 6.07) is 8.86. The lowest BCUT2D eigenvalue weighted by Gasteiger charge is -2.05. The van der Waals surface area contributed by atoms with Crippen LogP contribution in [0, 0.1) is 13.8 Å². The van der Waals surface area contributed by atoms with E-state index in [2.05, 4.69) is 15.8 Å². The molecule has 0 bridgehead atoms. The molecule has 3 aromatic rings. The molecule has 0 radical (unpaired) electrons. The normalized spacial score (nSPS) is 11.3. The van der Waals surface area contributed by atoms with Gasteiger partial charge in [0.2, 0.25) is 0 Å². The molecular weight excluding hydrogens is 450 g/mol. The van der Waals surface area contributed by atoms with Crippen molar-refractivity contribution in [1.82, 2.24) is 10.7 Å². The van der Waals surface area contributed by atoms with Gasteiger partial charge in [0, 0.05) is 5.38 Å². The van der Waals surface area contributed by atoms with E-state index in [9.17, 15) is 19.5 Å². The van der Waals surface area contributed by atoms with E-state index in [1.165, 1.54) is 29.0 Å². The molecule has 2 aromatic heterocycles. The SMILES string of the molecule is C/C(=N\NC(=O)c1ccc(C(=O)NCC(=O)O)s1)c1csc(-c2ccc(C)c(C)c2)c1O. The molecule has 8 nitrogen and oxygen atoms in total. The summed E-state index contributed by atoms with van der Waals surface area (Å²) in [7, 11) is 0. The number of thiophene rings is 2. The number of rotatable bonds is 7. The van der Waals surface area contributed by atoms with Gasteiger partial charge in [0.05, 0.1) is 25.9 Å². The number of benzene rings is 1. The number of nitrogens with zero attached hydrogens (tertiary/aromatic N) is 1. The Labute approximate surface area is 192 Å². The maximum atomic E-state index is 12.4. The molecule has 166 valence electrons. The Morgan fingerprint density at radius 2 is 1.72 bits per heavy atom. The first-order valence-electron chi connectivity index (χ1n) is 9.50. The summed E-state index contributed by atoms with van der Waals surface area (Å²) in [6.07, 6.45) is 0. The molecule has 2 heterocycles. The summed E-state index contributed by atoms with van der Waals surface area (Å²) in [4.78, 5) is 36.0. The number of aryl methyl sites for hydroxylation is 2. The van der Waals surface area contributed by atoms with E-state index in [4.69, 9.17) is 5.11 Å². The van der Waals surface area contributed by atoms with Crippen LogP contribution in [0.4, 0.5) is 0 Å². The number of nitrogens with one attached hydrogen (secondary N) is 2. The minimum atomic E-state index is -1.16. The van der Waals surface area contributed by atoms with Crippen LogP contribution in [0.2, 0.25) is 0 Å². The molecule has 0 atom stereocenters. The van der Waals surface area contributed by atoms with Gasteiger partial charge in [-0.1, -0.05) is 18.2 Å². The van der Waals surface area contributed by atoms with Crippen molar-refractivity contribution in [2.45, 2.75) is 20.8 Å². The van der Waals surface area contributed by atoms with Gasteiger partial charge in [-0.15, -0.1) is 22.7 Å². The smallest absolute Gasteiger partial charge is 0.322 e. The Morgan fingerprint density at radius 1 is 1.03 bits per heavy atom. The van der Waals surface area contributed by atoms with Gasteiger partial charge in [-0.2, -0.15) is 5.10 Å². The van der Waals surface area contributed by atoms with Gasteiger partial charge in [0.1, 0.15) is 12.3 Å². The van der Waals surface area contributed by atoms with Crippen molar-refractivity contribution in [2.24, 2.45) is 5.10 Å². The lowest BCUT2D eigenvalue weighted by atomic mass is 10.0. The van der Waals surface area contributed by atoms with Crippen LogP contribution in [0.1, 0.15) is 43.0 Å². The highest BCUT2D eigenvalue weighted by molar-refractivity contribution is 7.16. The number of carbonyl (C=O) groups is 3. The van der Waals surface area contributed by atoms with Gasteiger partial charge in [0.15, 0.2) is 0 Å². The fourth-order valence-corrected chi connectivity index (χ4v) is 4.59. The largest absolute Gasteiger partial charge is 0.506 e. The summed E-state index contributed by atoms with van der Waals surface area (Å²) < 4.78 is 0. The molecule has 0 spiro atoms. The first-order chi connectivity index (χ1) is 15.2. The third-order valence-electron chi connectivity index (χ3n) is 4.70. The van der Waals surface area contributed by atoms with Crippen LogP contribution in [-0.2, 0) is 4.79 Å². The molecule has 0 fully saturated rings. The van der Waals surface area contributed by atoms with Crippen LogP contribution < -0.4 is 10.7 Å². The maximum absolute atomic E-state index is 12.4. The Balaban J connectivity index is 1.70. The summed E-state index contributed by atoms with van der Waals surface area (Å²) in [5.41, 5.74) is 6.57. The number of aliphatic carboxylic acids is 1. The fraction of sp³-hybridized carbons (Fsp3) is 0.182. The number of carboxylic acids is 1. The number of hydrogen-bond acceptors (Lipinski definition) is 7. The van der Waals surface area contributed by atoms with Crippen molar-refractivity contribution in [2.75, 3.05) is 6.54 Å². The number of carbonyl (C=O) groups excluding carboxylic acids is 2. The highest BCUT2D eigenvalue weighted by atomic mass is 32.1. The molecule has 0 unspecified atom stereocenters. The molecule has 0 aliphatic heterocycles. The molecule has 4 N–H and O–H groups in total. The van der Waals surface area contributed by atoms with E-state index in [1.54, 1.807) is 12.3 Å². The van der Waals surface area contributed by atoms with Gasteiger partial charge < -0.3 is 15.5 Å². The summed E-state index contributed by atoms with van der Waals surface area (Å²) in [6.45, 7) is 5.21. The zero-order valence-corrected chi connectivity index (χ0v) is 19.2. The van der Waals surface area contributed by atoms with Crippen LogP contribution >= 0.6 is 22.7 Å². The second-order valence-corrected chi connectivity index (χ2v) is 8.97. The van der Waals surface area contributed by atoms with Gasteiger partial charge >= 0.3 is 5.97 Å². The Hall–Kier alpha value is -3.50. The van der Waals surface area contributed by atoms with Crippen LogP contribution in [0.3, 0.4) is 0 Å². The number of carboxylic acid groups (broad SMARTS) is 1. The van der Waals surface area contributed by atoms with Crippen LogP contribution in [0.25, 0.3) is 10.4 Å².